The minimum Gasteiger partial charge on any atom is -0.478 e. The summed E-state index contributed by atoms with van der Waals surface area (Å²) in [4.78, 5) is 10.7. The van der Waals surface area contributed by atoms with Crippen molar-refractivity contribution in [3.05, 3.63) is 35.4 Å². The molecule has 0 aromatic heterocycles. The van der Waals surface area contributed by atoms with E-state index in [2.05, 4.69) is 4.72 Å². The molecule has 0 heterocycles. The van der Waals surface area contributed by atoms with Crippen LogP contribution in [0.3, 0.4) is 0 Å². The second-order valence-electron chi connectivity index (χ2n) is 5.62. The van der Waals surface area contributed by atoms with Crippen molar-refractivity contribution in [1.82, 2.24) is 4.72 Å². The summed E-state index contributed by atoms with van der Waals surface area (Å²) >= 11 is 0. The van der Waals surface area contributed by atoms with Crippen molar-refractivity contribution < 1.29 is 18.3 Å². The molecule has 6 heteroatoms. The maximum absolute atomic E-state index is 11.9. The van der Waals surface area contributed by atoms with Crippen molar-refractivity contribution in [2.75, 3.05) is 0 Å². The van der Waals surface area contributed by atoms with Gasteiger partial charge in [-0.1, -0.05) is 26.0 Å². The quantitative estimate of drug-likeness (QED) is 0.859. The fraction of sp³-hybridized carbons (Fsp3) is 0.462. The third-order valence-electron chi connectivity index (χ3n) is 3.39. The zero-order valence-corrected chi connectivity index (χ0v) is 11.7. The summed E-state index contributed by atoms with van der Waals surface area (Å²) in [6.45, 7) is 4.03. The van der Waals surface area contributed by atoms with Gasteiger partial charge in [-0.2, -0.15) is 0 Å². The Morgan fingerprint density at radius 3 is 2.32 bits per heavy atom. The number of benzene rings is 1. The molecule has 1 aromatic carbocycles. The first-order valence-corrected chi connectivity index (χ1v) is 7.67. The summed E-state index contributed by atoms with van der Waals surface area (Å²) in [5, 5.41) is 8.76. The minimum atomic E-state index is -3.37. The molecule has 1 saturated carbocycles. The standard InChI is InChI=1S/C13H17NO4S/c1-13(2)7-11(13)14-19(17,18)8-9-3-5-10(6-4-9)12(15)16/h3-6,11,14H,7-8H2,1-2H3,(H,15,16). The lowest BCUT2D eigenvalue weighted by molar-refractivity contribution is 0.0697. The molecular formula is C13H17NO4S. The van der Waals surface area contributed by atoms with E-state index in [9.17, 15) is 13.2 Å². The van der Waals surface area contributed by atoms with Crippen LogP contribution in [0.1, 0.15) is 36.2 Å². The van der Waals surface area contributed by atoms with Crippen LogP contribution in [0.25, 0.3) is 0 Å². The molecule has 1 atom stereocenters. The van der Waals surface area contributed by atoms with Gasteiger partial charge in [0.15, 0.2) is 0 Å². The van der Waals surface area contributed by atoms with E-state index in [0.29, 0.717) is 5.56 Å². The van der Waals surface area contributed by atoms with E-state index in [-0.39, 0.29) is 22.8 Å². The van der Waals surface area contributed by atoms with Gasteiger partial charge in [-0.05, 0) is 29.5 Å². The number of hydrogen-bond donors (Lipinski definition) is 2. The van der Waals surface area contributed by atoms with Crippen molar-refractivity contribution in [1.29, 1.82) is 0 Å². The van der Waals surface area contributed by atoms with E-state index in [4.69, 9.17) is 5.11 Å². The number of carboxylic acids is 1. The van der Waals surface area contributed by atoms with Crippen LogP contribution in [0.15, 0.2) is 24.3 Å². The Morgan fingerprint density at radius 1 is 1.37 bits per heavy atom. The second-order valence-corrected chi connectivity index (χ2v) is 7.38. The number of aromatic carboxylic acids is 1. The molecule has 0 aliphatic heterocycles. The Kier molecular flexibility index (Phi) is 3.40. The van der Waals surface area contributed by atoms with Crippen LogP contribution in [-0.2, 0) is 15.8 Å². The van der Waals surface area contributed by atoms with Crippen LogP contribution in [0.2, 0.25) is 0 Å². The molecular weight excluding hydrogens is 266 g/mol. The van der Waals surface area contributed by atoms with Gasteiger partial charge in [0.2, 0.25) is 10.0 Å². The van der Waals surface area contributed by atoms with Gasteiger partial charge >= 0.3 is 5.97 Å². The van der Waals surface area contributed by atoms with E-state index >= 15 is 0 Å². The monoisotopic (exact) mass is 283 g/mol. The van der Waals surface area contributed by atoms with E-state index < -0.39 is 16.0 Å². The molecule has 1 aromatic rings. The summed E-state index contributed by atoms with van der Waals surface area (Å²) in [7, 11) is -3.37. The number of rotatable bonds is 5. The number of hydrogen-bond acceptors (Lipinski definition) is 3. The van der Waals surface area contributed by atoms with Gasteiger partial charge in [0.1, 0.15) is 0 Å². The molecule has 0 bridgehead atoms. The summed E-state index contributed by atoms with van der Waals surface area (Å²) in [5.74, 6) is -1.15. The van der Waals surface area contributed by atoms with Crippen molar-refractivity contribution >= 4 is 16.0 Å². The average Bonchev–Trinajstić information content (AvgIpc) is 2.84. The van der Waals surface area contributed by atoms with Gasteiger partial charge in [0.05, 0.1) is 11.3 Å². The third-order valence-corrected chi connectivity index (χ3v) is 4.75. The number of carbonyl (C=O) groups is 1. The lowest BCUT2D eigenvalue weighted by Crippen LogP contribution is -2.29. The highest BCUT2D eigenvalue weighted by atomic mass is 32.2. The first-order valence-electron chi connectivity index (χ1n) is 6.02. The maximum Gasteiger partial charge on any atom is 0.335 e. The van der Waals surface area contributed by atoms with Crippen molar-refractivity contribution in [3.63, 3.8) is 0 Å². The number of nitrogens with one attached hydrogen (secondary N) is 1. The Labute approximate surface area is 112 Å². The SMILES string of the molecule is CC1(C)CC1NS(=O)(=O)Cc1ccc(C(=O)O)cc1. The zero-order chi connectivity index (χ0) is 14.3. The minimum absolute atomic E-state index is 0.00999. The van der Waals surface area contributed by atoms with Gasteiger partial charge in [0.25, 0.3) is 0 Å². The van der Waals surface area contributed by atoms with Crippen LogP contribution in [0.5, 0.6) is 0 Å². The lowest BCUT2D eigenvalue weighted by Gasteiger charge is -2.08. The first-order chi connectivity index (χ1) is 8.70. The van der Waals surface area contributed by atoms with Crippen molar-refractivity contribution in [2.45, 2.75) is 32.1 Å². The Hall–Kier alpha value is -1.40. The largest absolute Gasteiger partial charge is 0.478 e. The van der Waals surface area contributed by atoms with Crippen LogP contribution in [-0.4, -0.2) is 25.5 Å². The normalized spacial score (nSPS) is 21.1. The van der Waals surface area contributed by atoms with Gasteiger partial charge in [-0.25, -0.2) is 17.9 Å². The van der Waals surface area contributed by atoms with Crippen LogP contribution >= 0.6 is 0 Å². The van der Waals surface area contributed by atoms with E-state index in [1.807, 2.05) is 13.8 Å². The van der Waals surface area contributed by atoms with E-state index in [0.717, 1.165) is 6.42 Å². The van der Waals surface area contributed by atoms with Crippen LogP contribution < -0.4 is 4.72 Å². The Balaban J connectivity index is 2.02. The van der Waals surface area contributed by atoms with Gasteiger partial charge in [-0.15, -0.1) is 0 Å². The second kappa shape index (κ2) is 4.61. The van der Waals surface area contributed by atoms with E-state index in [1.54, 1.807) is 0 Å². The highest BCUT2D eigenvalue weighted by Gasteiger charge is 2.47. The highest BCUT2D eigenvalue weighted by Crippen LogP contribution is 2.45. The predicted molar refractivity (Wildman–Crippen MR) is 71.3 cm³/mol. The maximum atomic E-state index is 11.9. The number of sulfonamides is 1. The predicted octanol–water partition coefficient (Wildman–Crippen LogP) is 1.60. The van der Waals surface area contributed by atoms with Crippen molar-refractivity contribution in [2.24, 2.45) is 5.41 Å². The summed E-state index contributed by atoms with van der Waals surface area (Å²) in [5.41, 5.74) is 0.772. The molecule has 0 saturated heterocycles. The van der Waals surface area contributed by atoms with E-state index in [1.165, 1.54) is 24.3 Å². The van der Waals surface area contributed by atoms with Gasteiger partial charge in [-0.3, -0.25) is 0 Å². The number of carboxylic acid groups (broad SMARTS) is 1. The Morgan fingerprint density at radius 2 is 1.89 bits per heavy atom. The summed E-state index contributed by atoms with van der Waals surface area (Å²) < 4.78 is 26.5. The molecule has 0 radical (unpaired) electrons. The fourth-order valence-corrected chi connectivity index (χ4v) is 3.44. The van der Waals surface area contributed by atoms with Gasteiger partial charge < -0.3 is 5.11 Å². The molecule has 5 nitrogen and oxygen atoms in total. The molecule has 1 aliphatic rings. The van der Waals surface area contributed by atoms with Crippen LogP contribution in [0, 0.1) is 5.41 Å². The summed E-state index contributed by atoms with van der Waals surface area (Å²) in [6.07, 6.45) is 0.851. The molecule has 2 rings (SSSR count). The lowest BCUT2D eigenvalue weighted by atomic mass is 10.1. The molecule has 0 spiro atoms. The molecule has 1 unspecified atom stereocenters. The highest BCUT2D eigenvalue weighted by molar-refractivity contribution is 7.88. The summed E-state index contributed by atoms with van der Waals surface area (Å²) in [6, 6.07) is 5.89. The molecule has 1 fully saturated rings. The topological polar surface area (TPSA) is 83.5 Å². The molecule has 1 aliphatic carbocycles. The average molecular weight is 283 g/mol. The zero-order valence-electron chi connectivity index (χ0n) is 10.9. The third kappa shape index (κ3) is 3.54. The van der Waals surface area contributed by atoms with Gasteiger partial charge in [0, 0.05) is 6.04 Å². The first kappa shape index (κ1) is 14.0. The molecule has 104 valence electrons. The van der Waals surface area contributed by atoms with Crippen LogP contribution in [0.4, 0.5) is 0 Å². The van der Waals surface area contributed by atoms with Crippen molar-refractivity contribution in [3.8, 4) is 0 Å². The smallest absolute Gasteiger partial charge is 0.335 e. The fourth-order valence-electron chi connectivity index (χ4n) is 1.89. The Bertz CT molecular complexity index is 590. The molecule has 19 heavy (non-hydrogen) atoms. The molecule has 0 amide bonds. The molecule has 2 N–H and O–H groups in total.